The zero-order valence-corrected chi connectivity index (χ0v) is 8.66. The number of cyclic esters (lactones) is 2. The average Bonchev–Trinajstić information content (AvgIpc) is 2.36. The fraction of sp³-hybridized carbons (Fsp3) is 0.636. The maximum absolute atomic E-state index is 11.5. The van der Waals surface area contributed by atoms with Crippen LogP contribution in [0.5, 0.6) is 0 Å². The Morgan fingerprint density at radius 3 is 2.64 bits per heavy atom. The SMILES string of the molecule is CC1=CC[C@@H]2C(=O)OC(=O)[C@@H]2C1(C)C. The second-order valence-corrected chi connectivity index (χ2v) is 4.67. The topological polar surface area (TPSA) is 43.4 Å². The lowest BCUT2D eigenvalue weighted by molar-refractivity contribution is -0.154. The van der Waals surface area contributed by atoms with Crippen LogP contribution in [0.3, 0.4) is 0 Å². The van der Waals surface area contributed by atoms with Gasteiger partial charge in [0.25, 0.3) is 0 Å². The van der Waals surface area contributed by atoms with Gasteiger partial charge in [0.15, 0.2) is 0 Å². The monoisotopic (exact) mass is 194 g/mol. The van der Waals surface area contributed by atoms with E-state index >= 15 is 0 Å². The lowest BCUT2D eigenvalue weighted by Gasteiger charge is -2.36. The first kappa shape index (κ1) is 9.44. The molecular weight excluding hydrogens is 180 g/mol. The largest absolute Gasteiger partial charge is 0.393 e. The Kier molecular flexibility index (Phi) is 1.81. The predicted molar refractivity (Wildman–Crippen MR) is 50.2 cm³/mol. The molecule has 0 aromatic carbocycles. The van der Waals surface area contributed by atoms with Gasteiger partial charge in [0.2, 0.25) is 0 Å². The highest BCUT2D eigenvalue weighted by atomic mass is 16.6. The lowest BCUT2D eigenvalue weighted by atomic mass is 9.64. The van der Waals surface area contributed by atoms with Crippen molar-refractivity contribution < 1.29 is 14.3 Å². The van der Waals surface area contributed by atoms with Crippen molar-refractivity contribution in [3.8, 4) is 0 Å². The van der Waals surface area contributed by atoms with Crippen LogP contribution in [0.1, 0.15) is 27.2 Å². The van der Waals surface area contributed by atoms with Gasteiger partial charge in [0.1, 0.15) is 0 Å². The summed E-state index contributed by atoms with van der Waals surface area (Å²) in [6.07, 6.45) is 2.69. The Morgan fingerprint density at radius 1 is 1.36 bits per heavy atom. The lowest BCUT2D eigenvalue weighted by Crippen LogP contribution is -2.36. The third-order valence-corrected chi connectivity index (χ3v) is 3.63. The molecule has 0 spiro atoms. The zero-order chi connectivity index (χ0) is 10.5. The smallest absolute Gasteiger partial charge is 0.318 e. The van der Waals surface area contributed by atoms with Crippen LogP contribution in [0.25, 0.3) is 0 Å². The number of rotatable bonds is 0. The van der Waals surface area contributed by atoms with Gasteiger partial charge < -0.3 is 4.74 Å². The number of hydrogen-bond donors (Lipinski definition) is 0. The minimum atomic E-state index is -0.350. The van der Waals surface area contributed by atoms with E-state index in [1.54, 1.807) is 0 Å². The Hall–Kier alpha value is -1.12. The molecule has 76 valence electrons. The number of esters is 2. The molecule has 1 aliphatic carbocycles. The number of carbonyl (C=O) groups is 2. The maximum atomic E-state index is 11.5. The number of fused-ring (bicyclic) bond motifs is 1. The Morgan fingerprint density at radius 2 is 2.00 bits per heavy atom. The predicted octanol–water partition coefficient (Wildman–Crippen LogP) is 1.68. The minimum Gasteiger partial charge on any atom is -0.393 e. The number of ether oxygens (including phenoxy) is 1. The van der Waals surface area contributed by atoms with E-state index in [4.69, 9.17) is 0 Å². The number of allylic oxidation sites excluding steroid dienone is 2. The Bertz CT molecular complexity index is 338. The van der Waals surface area contributed by atoms with E-state index in [1.807, 2.05) is 26.8 Å². The van der Waals surface area contributed by atoms with Crippen LogP contribution >= 0.6 is 0 Å². The molecule has 0 bridgehead atoms. The molecule has 2 rings (SSSR count). The quantitative estimate of drug-likeness (QED) is 0.335. The van der Waals surface area contributed by atoms with Crippen molar-refractivity contribution in [2.75, 3.05) is 0 Å². The molecule has 1 heterocycles. The van der Waals surface area contributed by atoms with Gasteiger partial charge >= 0.3 is 11.9 Å². The van der Waals surface area contributed by atoms with Crippen molar-refractivity contribution in [1.29, 1.82) is 0 Å². The second kappa shape index (κ2) is 2.69. The first-order valence-corrected chi connectivity index (χ1v) is 4.87. The van der Waals surface area contributed by atoms with Crippen molar-refractivity contribution in [3.63, 3.8) is 0 Å². The molecule has 0 saturated carbocycles. The molecule has 1 saturated heterocycles. The van der Waals surface area contributed by atoms with Crippen molar-refractivity contribution in [2.24, 2.45) is 17.3 Å². The van der Waals surface area contributed by atoms with Gasteiger partial charge in [0, 0.05) is 0 Å². The second-order valence-electron chi connectivity index (χ2n) is 4.67. The van der Waals surface area contributed by atoms with Crippen LogP contribution in [0.4, 0.5) is 0 Å². The zero-order valence-electron chi connectivity index (χ0n) is 8.66. The summed E-state index contributed by atoms with van der Waals surface area (Å²) in [5, 5.41) is 0. The summed E-state index contributed by atoms with van der Waals surface area (Å²) in [6.45, 7) is 6.00. The van der Waals surface area contributed by atoms with E-state index in [-0.39, 0.29) is 29.2 Å². The van der Waals surface area contributed by atoms with E-state index < -0.39 is 0 Å². The van der Waals surface area contributed by atoms with E-state index in [9.17, 15) is 9.59 Å². The summed E-state index contributed by atoms with van der Waals surface area (Å²) < 4.78 is 4.68. The summed E-state index contributed by atoms with van der Waals surface area (Å²) in [5.74, 6) is -1.23. The third-order valence-electron chi connectivity index (χ3n) is 3.63. The summed E-state index contributed by atoms with van der Waals surface area (Å²) in [5.41, 5.74) is 0.928. The van der Waals surface area contributed by atoms with Crippen LogP contribution in [-0.2, 0) is 14.3 Å². The highest BCUT2D eigenvalue weighted by Crippen LogP contribution is 2.48. The van der Waals surface area contributed by atoms with Gasteiger partial charge in [-0.25, -0.2) is 0 Å². The van der Waals surface area contributed by atoms with Crippen LogP contribution in [0.15, 0.2) is 11.6 Å². The van der Waals surface area contributed by atoms with E-state index in [0.717, 1.165) is 0 Å². The minimum absolute atomic E-state index is 0.244. The van der Waals surface area contributed by atoms with E-state index in [0.29, 0.717) is 6.42 Å². The average molecular weight is 194 g/mol. The van der Waals surface area contributed by atoms with Crippen LogP contribution < -0.4 is 0 Å². The molecule has 3 nitrogen and oxygen atoms in total. The first-order chi connectivity index (χ1) is 6.44. The molecule has 0 amide bonds. The molecule has 14 heavy (non-hydrogen) atoms. The third kappa shape index (κ3) is 1.04. The molecule has 0 unspecified atom stereocenters. The molecule has 2 atom stereocenters. The van der Waals surface area contributed by atoms with Crippen molar-refractivity contribution >= 4 is 11.9 Å². The van der Waals surface area contributed by atoms with Gasteiger partial charge in [-0.2, -0.15) is 0 Å². The van der Waals surface area contributed by atoms with Gasteiger partial charge in [-0.3, -0.25) is 9.59 Å². The maximum Gasteiger partial charge on any atom is 0.318 e. The van der Waals surface area contributed by atoms with Crippen LogP contribution in [0, 0.1) is 17.3 Å². The van der Waals surface area contributed by atoms with Gasteiger partial charge in [-0.05, 0) is 18.8 Å². The number of carbonyl (C=O) groups excluding carboxylic acids is 2. The molecule has 0 N–H and O–H groups in total. The van der Waals surface area contributed by atoms with Gasteiger partial charge in [0.05, 0.1) is 11.8 Å². The van der Waals surface area contributed by atoms with Crippen molar-refractivity contribution in [3.05, 3.63) is 11.6 Å². The number of hydrogen-bond acceptors (Lipinski definition) is 3. The fourth-order valence-corrected chi connectivity index (χ4v) is 2.38. The molecule has 2 aliphatic rings. The van der Waals surface area contributed by atoms with Gasteiger partial charge in [-0.15, -0.1) is 0 Å². The first-order valence-electron chi connectivity index (χ1n) is 4.87. The molecule has 0 radical (unpaired) electrons. The highest BCUT2D eigenvalue weighted by molar-refractivity contribution is 5.97. The standard InChI is InChI=1S/C11H14O3/c1-6-4-5-7-8(11(6,2)3)10(13)14-9(7)12/h4,7-8H,5H2,1-3H3/t7-,8+/m0/s1. The van der Waals surface area contributed by atoms with E-state index in [1.165, 1.54) is 5.57 Å². The summed E-state index contributed by atoms with van der Waals surface area (Å²) >= 11 is 0. The summed E-state index contributed by atoms with van der Waals surface area (Å²) in [4.78, 5) is 22.9. The molecular formula is C11H14O3. The normalized spacial score (nSPS) is 34.9. The summed E-state index contributed by atoms with van der Waals surface area (Å²) in [7, 11) is 0. The molecule has 1 fully saturated rings. The Balaban J connectivity index is 2.45. The van der Waals surface area contributed by atoms with Crippen LogP contribution in [-0.4, -0.2) is 11.9 Å². The van der Waals surface area contributed by atoms with Gasteiger partial charge in [-0.1, -0.05) is 25.5 Å². The molecule has 0 aromatic heterocycles. The van der Waals surface area contributed by atoms with Crippen molar-refractivity contribution in [2.45, 2.75) is 27.2 Å². The molecule has 1 aliphatic heterocycles. The van der Waals surface area contributed by atoms with Crippen molar-refractivity contribution in [1.82, 2.24) is 0 Å². The molecule has 0 aromatic rings. The van der Waals surface area contributed by atoms with E-state index in [2.05, 4.69) is 4.74 Å². The Labute approximate surface area is 83.1 Å². The highest BCUT2D eigenvalue weighted by Gasteiger charge is 2.53. The molecule has 3 heteroatoms. The van der Waals surface area contributed by atoms with Crippen LogP contribution in [0.2, 0.25) is 0 Å². The fourth-order valence-electron chi connectivity index (χ4n) is 2.38. The summed E-state index contributed by atoms with van der Waals surface area (Å²) in [6, 6.07) is 0.